The molecule has 2 N–H and O–H groups in total. The van der Waals surface area contributed by atoms with Crippen molar-refractivity contribution in [3.05, 3.63) is 77.0 Å². The maximum absolute atomic E-state index is 13.4. The fourth-order valence-electron chi connectivity index (χ4n) is 4.37. The zero-order valence-electron chi connectivity index (χ0n) is 23.0. The monoisotopic (exact) mass is 553 g/mol. The number of benzene rings is 2. The van der Waals surface area contributed by atoms with Gasteiger partial charge in [0.15, 0.2) is 5.82 Å². The fraction of sp³-hybridized carbons (Fsp3) is 0.276. The molecule has 0 aliphatic carbocycles. The van der Waals surface area contributed by atoms with Crippen molar-refractivity contribution in [2.45, 2.75) is 46.3 Å². The maximum atomic E-state index is 13.4. The average molecular weight is 554 g/mol. The van der Waals surface area contributed by atoms with Gasteiger partial charge in [-0.05, 0) is 55.8 Å². The maximum Gasteiger partial charge on any atom is 0.287 e. The number of carbonyl (C=O) groups excluding carboxylic acids is 1. The Morgan fingerprint density at radius 2 is 1.95 bits per heavy atom. The van der Waals surface area contributed by atoms with Crippen LogP contribution in [0.1, 0.15) is 33.3 Å². The number of hydrogen-bond acceptors (Lipinski definition) is 7. The standard InChI is InChI=1S/C29H31N7O3Si/c1-18-26(22-9-10-24-23(13-22)14-25(33-24)29-32-19(2)35-39-29)34-27(36(18)17-38-11-12-40(3)4)28(37)31-16-21-7-5-20(15-30)6-8-21/h5-10,13-14,33,40H,11-12,16-17H2,1-4H3,(H,31,37). The highest BCUT2D eigenvalue weighted by molar-refractivity contribution is 6.55. The lowest BCUT2D eigenvalue weighted by Gasteiger charge is -2.12. The number of nitrogens with zero attached hydrogens (tertiary/aromatic N) is 5. The molecule has 3 aromatic heterocycles. The number of aromatic nitrogens is 5. The minimum absolute atomic E-state index is 0.243. The van der Waals surface area contributed by atoms with Gasteiger partial charge in [-0.15, -0.1) is 0 Å². The van der Waals surface area contributed by atoms with Crippen LogP contribution in [0.3, 0.4) is 0 Å². The van der Waals surface area contributed by atoms with Crippen molar-refractivity contribution >= 4 is 25.6 Å². The Labute approximate surface area is 233 Å². The van der Waals surface area contributed by atoms with Crippen LogP contribution in [0.2, 0.25) is 19.1 Å². The number of aryl methyl sites for hydroxylation is 1. The molecule has 0 bridgehead atoms. The molecule has 0 atom stereocenters. The number of amides is 1. The number of imidazole rings is 1. The second-order valence-corrected chi connectivity index (χ2v) is 13.5. The Balaban J connectivity index is 1.43. The Hall–Kier alpha value is -4.53. The van der Waals surface area contributed by atoms with Gasteiger partial charge >= 0.3 is 0 Å². The van der Waals surface area contributed by atoms with Crippen LogP contribution in [0.15, 0.2) is 53.1 Å². The summed E-state index contributed by atoms with van der Waals surface area (Å²) in [6.45, 7) is 9.51. The molecule has 0 radical (unpaired) electrons. The van der Waals surface area contributed by atoms with E-state index in [0.717, 1.165) is 39.5 Å². The van der Waals surface area contributed by atoms with Gasteiger partial charge < -0.3 is 19.6 Å². The molecule has 204 valence electrons. The molecule has 0 aliphatic heterocycles. The number of ether oxygens (including phenoxy) is 1. The van der Waals surface area contributed by atoms with E-state index in [2.05, 4.69) is 39.6 Å². The lowest BCUT2D eigenvalue weighted by Crippen LogP contribution is -2.27. The summed E-state index contributed by atoms with van der Waals surface area (Å²) in [5, 5.41) is 16.8. The third-order valence-electron chi connectivity index (χ3n) is 6.67. The minimum Gasteiger partial charge on any atom is -0.361 e. The molecule has 0 saturated heterocycles. The van der Waals surface area contributed by atoms with E-state index < -0.39 is 8.80 Å². The molecule has 0 saturated carbocycles. The highest BCUT2D eigenvalue weighted by Gasteiger charge is 2.22. The number of H-pyrrole nitrogens is 1. The average Bonchev–Trinajstić information content (AvgIpc) is 3.66. The van der Waals surface area contributed by atoms with Crippen LogP contribution < -0.4 is 5.32 Å². The molecule has 3 heterocycles. The summed E-state index contributed by atoms with van der Waals surface area (Å²) in [6.07, 6.45) is 0. The van der Waals surface area contributed by atoms with Crippen LogP contribution in [-0.4, -0.2) is 46.0 Å². The molecular weight excluding hydrogens is 522 g/mol. The van der Waals surface area contributed by atoms with Crippen LogP contribution in [0.4, 0.5) is 0 Å². The van der Waals surface area contributed by atoms with Crippen LogP contribution in [0.5, 0.6) is 0 Å². The molecule has 2 aromatic carbocycles. The Morgan fingerprint density at radius 1 is 1.15 bits per heavy atom. The third-order valence-corrected chi connectivity index (χ3v) is 8.06. The molecular formula is C29H31N7O3Si. The van der Waals surface area contributed by atoms with Gasteiger partial charge in [-0.25, -0.2) is 4.98 Å². The van der Waals surface area contributed by atoms with Gasteiger partial charge in [0.2, 0.25) is 5.82 Å². The summed E-state index contributed by atoms with van der Waals surface area (Å²) in [5.41, 5.74) is 5.56. The van der Waals surface area contributed by atoms with Gasteiger partial charge in [0.1, 0.15) is 12.4 Å². The Kier molecular flexibility index (Phi) is 7.90. The topological polar surface area (TPSA) is 135 Å². The Morgan fingerprint density at radius 3 is 2.65 bits per heavy atom. The lowest BCUT2D eigenvalue weighted by atomic mass is 10.1. The van der Waals surface area contributed by atoms with Crippen molar-refractivity contribution in [1.29, 1.82) is 5.26 Å². The molecule has 0 unspecified atom stereocenters. The van der Waals surface area contributed by atoms with Crippen molar-refractivity contribution in [2.75, 3.05) is 6.61 Å². The number of nitrogens with one attached hydrogen (secondary N) is 2. The first-order valence-electron chi connectivity index (χ1n) is 13.2. The number of carbonyl (C=O) groups is 1. The van der Waals surface area contributed by atoms with Crippen molar-refractivity contribution in [3.8, 4) is 28.9 Å². The third kappa shape index (κ3) is 5.88. The van der Waals surface area contributed by atoms with Gasteiger partial charge in [0.05, 0.1) is 17.3 Å². The van der Waals surface area contributed by atoms with Crippen LogP contribution in [0, 0.1) is 25.2 Å². The number of hydrogen-bond donors (Lipinski definition) is 2. The SMILES string of the molecule is Cc1noc(-c2cc3cc(-c4nc(C(=O)NCc5ccc(C#N)cc5)n(COCC[SiH](C)C)c4C)ccc3[nH]2)n1. The first kappa shape index (κ1) is 27.0. The summed E-state index contributed by atoms with van der Waals surface area (Å²) in [4.78, 5) is 25.8. The number of aromatic amines is 1. The molecule has 5 aromatic rings. The minimum atomic E-state index is -0.748. The second kappa shape index (κ2) is 11.7. The van der Waals surface area contributed by atoms with E-state index >= 15 is 0 Å². The highest BCUT2D eigenvalue weighted by atomic mass is 28.3. The number of rotatable bonds is 10. The van der Waals surface area contributed by atoms with Crippen LogP contribution in [-0.2, 0) is 18.0 Å². The normalized spacial score (nSPS) is 11.3. The summed E-state index contributed by atoms with van der Waals surface area (Å²) >= 11 is 0. The second-order valence-electron chi connectivity index (χ2n) is 10.1. The molecule has 0 spiro atoms. The van der Waals surface area contributed by atoms with E-state index in [1.165, 1.54) is 0 Å². The van der Waals surface area contributed by atoms with E-state index in [1.807, 2.05) is 47.9 Å². The van der Waals surface area contributed by atoms with E-state index in [4.69, 9.17) is 19.5 Å². The van der Waals surface area contributed by atoms with E-state index in [-0.39, 0.29) is 12.6 Å². The smallest absolute Gasteiger partial charge is 0.287 e. The van der Waals surface area contributed by atoms with Gasteiger partial charge in [-0.1, -0.05) is 36.4 Å². The van der Waals surface area contributed by atoms with Crippen molar-refractivity contribution in [1.82, 2.24) is 30.0 Å². The highest BCUT2D eigenvalue weighted by Crippen LogP contribution is 2.30. The van der Waals surface area contributed by atoms with E-state index in [1.54, 1.807) is 19.1 Å². The van der Waals surface area contributed by atoms with Gasteiger partial charge in [0.25, 0.3) is 11.8 Å². The molecule has 10 nitrogen and oxygen atoms in total. The zero-order chi connectivity index (χ0) is 28.2. The quantitative estimate of drug-likeness (QED) is 0.184. The molecule has 11 heteroatoms. The molecule has 5 rings (SSSR count). The fourth-order valence-corrected chi connectivity index (χ4v) is 5.01. The van der Waals surface area contributed by atoms with E-state index in [9.17, 15) is 4.79 Å². The summed E-state index contributed by atoms with van der Waals surface area (Å²) < 4.78 is 13.1. The van der Waals surface area contributed by atoms with Gasteiger partial charge in [0, 0.05) is 44.1 Å². The van der Waals surface area contributed by atoms with Crippen molar-refractivity contribution in [2.24, 2.45) is 0 Å². The molecule has 0 aliphatic rings. The van der Waals surface area contributed by atoms with Crippen LogP contribution >= 0.6 is 0 Å². The van der Waals surface area contributed by atoms with Crippen LogP contribution in [0.25, 0.3) is 33.7 Å². The zero-order valence-corrected chi connectivity index (χ0v) is 24.1. The van der Waals surface area contributed by atoms with Gasteiger partial charge in [-0.3, -0.25) is 9.36 Å². The lowest BCUT2D eigenvalue weighted by molar-refractivity contribution is 0.0775. The van der Waals surface area contributed by atoms with Gasteiger partial charge in [-0.2, -0.15) is 10.2 Å². The summed E-state index contributed by atoms with van der Waals surface area (Å²) in [6, 6.07) is 18.2. The summed E-state index contributed by atoms with van der Waals surface area (Å²) in [5.74, 6) is 0.994. The largest absolute Gasteiger partial charge is 0.361 e. The predicted octanol–water partition coefficient (Wildman–Crippen LogP) is 4.96. The molecule has 0 fully saturated rings. The van der Waals surface area contributed by atoms with Crippen molar-refractivity contribution < 1.29 is 14.1 Å². The molecule has 1 amide bonds. The van der Waals surface area contributed by atoms with Crippen molar-refractivity contribution in [3.63, 3.8) is 0 Å². The first-order valence-corrected chi connectivity index (χ1v) is 16.3. The van der Waals surface area contributed by atoms with E-state index in [0.29, 0.717) is 41.9 Å². The Bertz CT molecular complexity index is 1690. The molecule has 40 heavy (non-hydrogen) atoms. The number of fused-ring (bicyclic) bond motifs is 1. The first-order chi connectivity index (χ1) is 19.3. The predicted molar refractivity (Wildman–Crippen MR) is 154 cm³/mol. The summed E-state index contributed by atoms with van der Waals surface area (Å²) in [7, 11) is -0.748. The number of nitriles is 1.